The van der Waals surface area contributed by atoms with Crippen molar-refractivity contribution in [2.24, 2.45) is 0 Å². The molecule has 5 rings (SSSR count). The summed E-state index contributed by atoms with van der Waals surface area (Å²) < 4.78 is 11.7. The third-order valence-electron chi connectivity index (χ3n) is 5.84. The van der Waals surface area contributed by atoms with Crippen LogP contribution in [0.2, 0.25) is 0 Å². The van der Waals surface area contributed by atoms with Gasteiger partial charge in [0.15, 0.2) is 11.5 Å². The lowest BCUT2D eigenvalue weighted by Crippen LogP contribution is -2.46. The van der Waals surface area contributed by atoms with Crippen molar-refractivity contribution in [3.8, 4) is 11.5 Å². The summed E-state index contributed by atoms with van der Waals surface area (Å²) in [5.41, 5.74) is 3.53. The molecule has 1 aliphatic carbocycles. The minimum Gasteiger partial charge on any atom is -0.493 e. The first-order valence-electron chi connectivity index (χ1n) is 10.9. The zero-order valence-corrected chi connectivity index (χ0v) is 18.9. The van der Waals surface area contributed by atoms with Crippen molar-refractivity contribution in [2.45, 2.75) is 25.0 Å². The van der Waals surface area contributed by atoms with E-state index in [1.54, 1.807) is 25.6 Å². The molecule has 3 heterocycles. The topological polar surface area (TPSA) is 100 Å². The Balaban J connectivity index is 1.26. The molecule has 0 bridgehead atoms. The standard InChI is InChI=1S/C24H27N7O2/c1-31(2)17-12-18(13-17)33-21-5-4-15(11-22(21)32-3)29-24-26-9-7-23(30-24)28-16-10-20-19(27-14-16)6-8-25-20/h4-11,14,17-18,25H,12-13H2,1-3H3,(H2,26,28,29,30). The Bertz CT molecular complexity index is 1250. The largest absolute Gasteiger partial charge is 0.493 e. The van der Waals surface area contributed by atoms with E-state index in [1.807, 2.05) is 36.5 Å². The molecule has 170 valence electrons. The first-order valence-corrected chi connectivity index (χ1v) is 10.9. The summed E-state index contributed by atoms with van der Waals surface area (Å²) in [4.78, 5) is 18.7. The molecule has 0 radical (unpaired) electrons. The normalized spacial score (nSPS) is 17.6. The second-order valence-electron chi connectivity index (χ2n) is 8.34. The number of hydrogen-bond donors (Lipinski definition) is 3. The predicted molar refractivity (Wildman–Crippen MR) is 129 cm³/mol. The molecule has 1 aromatic carbocycles. The number of anilines is 4. The quantitative estimate of drug-likeness (QED) is 0.369. The lowest BCUT2D eigenvalue weighted by molar-refractivity contribution is 0.0383. The SMILES string of the molecule is COc1cc(Nc2nccc(Nc3cnc4cc[nH]c4c3)n2)ccc1OC1CC(N(C)C)C1. The number of ether oxygens (including phenoxy) is 2. The van der Waals surface area contributed by atoms with Crippen molar-refractivity contribution in [1.82, 2.24) is 24.8 Å². The molecule has 3 aromatic heterocycles. The van der Waals surface area contributed by atoms with E-state index in [-0.39, 0.29) is 6.10 Å². The van der Waals surface area contributed by atoms with E-state index >= 15 is 0 Å². The molecule has 33 heavy (non-hydrogen) atoms. The molecular formula is C24H27N7O2. The highest BCUT2D eigenvalue weighted by Crippen LogP contribution is 2.36. The number of benzene rings is 1. The number of H-pyrrole nitrogens is 1. The fourth-order valence-corrected chi connectivity index (χ4v) is 3.85. The third-order valence-corrected chi connectivity index (χ3v) is 5.84. The molecule has 9 heteroatoms. The minimum absolute atomic E-state index is 0.218. The molecule has 3 N–H and O–H groups in total. The number of aromatic amines is 1. The van der Waals surface area contributed by atoms with Gasteiger partial charge in [0, 0.05) is 30.2 Å². The highest BCUT2D eigenvalue weighted by atomic mass is 16.5. The third kappa shape index (κ3) is 4.68. The van der Waals surface area contributed by atoms with Gasteiger partial charge in [0.2, 0.25) is 5.95 Å². The van der Waals surface area contributed by atoms with E-state index in [2.05, 4.69) is 49.6 Å². The Morgan fingerprint density at radius 1 is 1.00 bits per heavy atom. The monoisotopic (exact) mass is 445 g/mol. The van der Waals surface area contributed by atoms with Crippen LogP contribution in [0.1, 0.15) is 12.8 Å². The second-order valence-corrected chi connectivity index (χ2v) is 8.34. The molecule has 9 nitrogen and oxygen atoms in total. The van der Waals surface area contributed by atoms with Crippen LogP contribution in [-0.4, -0.2) is 58.2 Å². The number of fused-ring (bicyclic) bond motifs is 1. The van der Waals surface area contributed by atoms with Crippen molar-refractivity contribution < 1.29 is 9.47 Å². The number of nitrogens with one attached hydrogen (secondary N) is 3. The second kappa shape index (κ2) is 8.95. The van der Waals surface area contributed by atoms with E-state index in [0.717, 1.165) is 41.0 Å². The molecule has 0 saturated heterocycles. The van der Waals surface area contributed by atoms with Crippen molar-refractivity contribution in [3.05, 3.63) is 55.0 Å². The smallest absolute Gasteiger partial charge is 0.229 e. The molecule has 0 atom stereocenters. The molecule has 4 aromatic rings. The highest BCUT2D eigenvalue weighted by Gasteiger charge is 2.32. The fourth-order valence-electron chi connectivity index (χ4n) is 3.85. The molecule has 0 amide bonds. The van der Waals surface area contributed by atoms with E-state index in [4.69, 9.17) is 9.47 Å². The average molecular weight is 446 g/mol. The Kier molecular flexibility index (Phi) is 5.70. The number of methoxy groups -OCH3 is 1. The molecule has 0 unspecified atom stereocenters. The number of rotatable bonds is 8. The number of hydrogen-bond acceptors (Lipinski definition) is 8. The lowest BCUT2D eigenvalue weighted by atomic mass is 9.88. The molecular weight excluding hydrogens is 418 g/mol. The zero-order chi connectivity index (χ0) is 22.8. The van der Waals surface area contributed by atoms with Crippen LogP contribution < -0.4 is 20.1 Å². The van der Waals surface area contributed by atoms with Gasteiger partial charge in [0.25, 0.3) is 0 Å². The van der Waals surface area contributed by atoms with Gasteiger partial charge in [0.1, 0.15) is 11.9 Å². The molecule has 0 aliphatic heterocycles. The van der Waals surface area contributed by atoms with Crippen LogP contribution in [0.5, 0.6) is 11.5 Å². The van der Waals surface area contributed by atoms with Gasteiger partial charge in [-0.05, 0) is 57.3 Å². The summed E-state index contributed by atoms with van der Waals surface area (Å²) in [7, 11) is 5.85. The maximum Gasteiger partial charge on any atom is 0.229 e. The summed E-state index contributed by atoms with van der Waals surface area (Å²) in [5.74, 6) is 2.55. The number of pyridine rings is 1. The van der Waals surface area contributed by atoms with E-state index in [9.17, 15) is 0 Å². The molecule has 1 saturated carbocycles. The Hall–Kier alpha value is -3.85. The molecule has 1 fully saturated rings. The van der Waals surface area contributed by atoms with Crippen molar-refractivity contribution in [3.63, 3.8) is 0 Å². The average Bonchev–Trinajstić information content (AvgIpc) is 3.24. The van der Waals surface area contributed by atoms with Gasteiger partial charge in [-0.2, -0.15) is 4.98 Å². The van der Waals surface area contributed by atoms with Crippen LogP contribution in [-0.2, 0) is 0 Å². The maximum absolute atomic E-state index is 6.14. The minimum atomic E-state index is 0.218. The highest BCUT2D eigenvalue weighted by molar-refractivity contribution is 5.79. The van der Waals surface area contributed by atoms with Crippen LogP contribution in [0.3, 0.4) is 0 Å². The van der Waals surface area contributed by atoms with Gasteiger partial charge in [-0.25, -0.2) is 4.98 Å². The van der Waals surface area contributed by atoms with Crippen molar-refractivity contribution >= 4 is 34.2 Å². The molecule has 1 aliphatic rings. The van der Waals surface area contributed by atoms with Gasteiger partial charge < -0.3 is 30.0 Å². The van der Waals surface area contributed by atoms with Gasteiger partial charge in [-0.1, -0.05) is 0 Å². The van der Waals surface area contributed by atoms with Gasteiger partial charge in [0.05, 0.1) is 30.0 Å². The van der Waals surface area contributed by atoms with Crippen molar-refractivity contribution in [1.29, 1.82) is 0 Å². The summed E-state index contributed by atoms with van der Waals surface area (Å²) in [6.07, 6.45) is 7.61. The summed E-state index contributed by atoms with van der Waals surface area (Å²) >= 11 is 0. The van der Waals surface area contributed by atoms with Crippen LogP contribution in [0.15, 0.2) is 55.0 Å². The van der Waals surface area contributed by atoms with E-state index in [1.165, 1.54) is 0 Å². The van der Waals surface area contributed by atoms with Gasteiger partial charge in [-0.3, -0.25) is 4.98 Å². The van der Waals surface area contributed by atoms with E-state index in [0.29, 0.717) is 23.6 Å². The fraction of sp³-hybridized carbons (Fsp3) is 0.292. The van der Waals surface area contributed by atoms with E-state index < -0.39 is 0 Å². The summed E-state index contributed by atoms with van der Waals surface area (Å²) in [5, 5.41) is 6.50. The summed E-state index contributed by atoms with van der Waals surface area (Å²) in [6.45, 7) is 0. The van der Waals surface area contributed by atoms with Gasteiger partial charge >= 0.3 is 0 Å². The van der Waals surface area contributed by atoms with Gasteiger partial charge in [-0.15, -0.1) is 0 Å². The Morgan fingerprint density at radius 3 is 2.70 bits per heavy atom. The summed E-state index contributed by atoms with van der Waals surface area (Å²) in [6, 6.07) is 12.1. The number of aromatic nitrogens is 4. The van der Waals surface area contributed by atoms with Crippen LogP contribution in [0.25, 0.3) is 11.0 Å². The first kappa shape index (κ1) is 21.0. The maximum atomic E-state index is 6.14. The lowest BCUT2D eigenvalue weighted by Gasteiger charge is -2.39. The predicted octanol–water partition coefficient (Wildman–Crippen LogP) is 4.32. The van der Waals surface area contributed by atoms with Crippen LogP contribution in [0.4, 0.5) is 23.1 Å². The Morgan fingerprint density at radius 2 is 1.88 bits per heavy atom. The Labute approximate surface area is 192 Å². The zero-order valence-electron chi connectivity index (χ0n) is 18.9. The van der Waals surface area contributed by atoms with Crippen LogP contribution >= 0.6 is 0 Å². The van der Waals surface area contributed by atoms with Crippen LogP contribution in [0, 0.1) is 0 Å². The molecule has 0 spiro atoms. The first-order chi connectivity index (χ1) is 16.1. The number of nitrogens with zero attached hydrogens (tertiary/aromatic N) is 4. The van der Waals surface area contributed by atoms with Crippen molar-refractivity contribution in [2.75, 3.05) is 31.8 Å².